The number of aliphatic carboxylic acids is 1. The van der Waals surface area contributed by atoms with Crippen LogP contribution in [0.2, 0.25) is 0 Å². The number of amides is 1. The van der Waals surface area contributed by atoms with Gasteiger partial charge in [-0.15, -0.1) is 0 Å². The first-order valence-corrected chi connectivity index (χ1v) is 7.47. The summed E-state index contributed by atoms with van der Waals surface area (Å²) in [7, 11) is 1.65. The Balaban J connectivity index is 1.84. The van der Waals surface area contributed by atoms with Gasteiger partial charge in [0.05, 0.1) is 31.2 Å². The number of ether oxygens (including phenoxy) is 1. The molecular formula is C14H24N2O5. The highest BCUT2D eigenvalue weighted by molar-refractivity contribution is 5.77. The van der Waals surface area contributed by atoms with Crippen molar-refractivity contribution in [3.8, 4) is 0 Å². The summed E-state index contributed by atoms with van der Waals surface area (Å²) >= 11 is 0. The number of likely N-dealkylation sites (tertiary alicyclic amines) is 1. The summed E-state index contributed by atoms with van der Waals surface area (Å²) in [4.78, 5) is 26.2. The van der Waals surface area contributed by atoms with E-state index >= 15 is 0 Å². The first-order chi connectivity index (χ1) is 9.97. The van der Waals surface area contributed by atoms with Crippen molar-refractivity contribution >= 4 is 11.9 Å². The fourth-order valence-electron chi connectivity index (χ4n) is 3.03. The topological polar surface area (TPSA) is 90.3 Å². The van der Waals surface area contributed by atoms with E-state index in [0.717, 1.165) is 19.3 Å². The minimum atomic E-state index is -0.940. The van der Waals surface area contributed by atoms with E-state index in [4.69, 9.17) is 9.84 Å². The van der Waals surface area contributed by atoms with Crippen LogP contribution in [-0.4, -0.2) is 83.4 Å². The third-order valence-electron chi connectivity index (χ3n) is 4.24. The molecule has 0 aliphatic carbocycles. The van der Waals surface area contributed by atoms with Crippen molar-refractivity contribution in [3.63, 3.8) is 0 Å². The van der Waals surface area contributed by atoms with E-state index in [1.165, 1.54) is 0 Å². The zero-order valence-electron chi connectivity index (χ0n) is 12.4. The van der Waals surface area contributed by atoms with E-state index < -0.39 is 12.1 Å². The van der Waals surface area contributed by atoms with Crippen LogP contribution in [0.15, 0.2) is 0 Å². The molecule has 1 amide bonds. The van der Waals surface area contributed by atoms with Crippen molar-refractivity contribution < 1.29 is 24.5 Å². The summed E-state index contributed by atoms with van der Waals surface area (Å²) in [6, 6.07) is -0.322. The summed E-state index contributed by atoms with van der Waals surface area (Å²) in [5.41, 5.74) is 0. The smallest absolute Gasteiger partial charge is 0.317 e. The Morgan fingerprint density at radius 1 is 1.33 bits per heavy atom. The normalized spacial score (nSPS) is 29.9. The van der Waals surface area contributed by atoms with Crippen LogP contribution in [-0.2, 0) is 14.3 Å². The summed E-state index contributed by atoms with van der Waals surface area (Å²) in [5, 5.41) is 18.8. The van der Waals surface area contributed by atoms with Crippen molar-refractivity contribution in [2.45, 2.75) is 43.9 Å². The maximum absolute atomic E-state index is 12.2. The van der Waals surface area contributed by atoms with Crippen LogP contribution >= 0.6 is 0 Å². The van der Waals surface area contributed by atoms with Crippen LogP contribution in [0.25, 0.3) is 0 Å². The SMILES string of the molecule is CN(CC(=O)O)[C@@H]1CN(C(=O)C[C@@H]2CCCCO2)C[C@H]1O. The number of rotatable bonds is 5. The van der Waals surface area contributed by atoms with Crippen LogP contribution in [0.5, 0.6) is 0 Å². The second-order valence-electron chi connectivity index (χ2n) is 5.93. The Kier molecular flexibility index (Phi) is 5.55. The molecule has 3 atom stereocenters. The fourth-order valence-corrected chi connectivity index (χ4v) is 3.03. The van der Waals surface area contributed by atoms with Gasteiger partial charge in [0, 0.05) is 19.7 Å². The number of likely N-dealkylation sites (N-methyl/N-ethyl adjacent to an activating group) is 1. The van der Waals surface area contributed by atoms with E-state index in [9.17, 15) is 14.7 Å². The molecule has 7 heteroatoms. The van der Waals surface area contributed by atoms with Crippen molar-refractivity contribution in [2.24, 2.45) is 0 Å². The largest absolute Gasteiger partial charge is 0.480 e. The maximum atomic E-state index is 12.2. The fraction of sp³-hybridized carbons (Fsp3) is 0.857. The number of β-amino-alcohol motifs (C(OH)–C–C–N with tert-alkyl or cyclic N) is 1. The van der Waals surface area contributed by atoms with Gasteiger partial charge in [-0.3, -0.25) is 14.5 Å². The average molecular weight is 300 g/mol. The molecule has 21 heavy (non-hydrogen) atoms. The molecular weight excluding hydrogens is 276 g/mol. The molecule has 2 heterocycles. The molecule has 0 spiro atoms. The molecule has 0 radical (unpaired) electrons. The van der Waals surface area contributed by atoms with Gasteiger partial charge in [-0.25, -0.2) is 0 Å². The van der Waals surface area contributed by atoms with Gasteiger partial charge < -0.3 is 19.8 Å². The van der Waals surface area contributed by atoms with Crippen molar-refractivity contribution in [3.05, 3.63) is 0 Å². The highest BCUT2D eigenvalue weighted by Gasteiger charge is 2.37. The van der Waals surface area contributed by atoms with E-state index in [-0.39, 0.29) is 31.1 Å². The number of nitrogens with zero attached hydrogens (tertiary/aromatic N) is 2. The van der Waals surface area contributed by atoms with Gasteiger partial charge in [0.25, 0.3) is 0 Å². The second-order valence-corrected chi connectivity index (χ2v) is 5.93. The second kappa shape index (κ2) is 7.20. The minimum Gasteiger partial charge on any atom is -0.480 e. The van der Waals surface area contributed by atoms with Gasteiger partial charge in [-0.05, 0) is 26.3 Å². The van der Waals surface area contributed by atoms with Gasteiger partial charge in [0.2, 0.25) is 5.91 Å². The minimum absolute atomic E-state index is 0.0146. The van der Waals surface area contributed by atoms with Gasteiger partial charge >= 0.3 is 5.97 Å². The molecule has 0 aromatic heterocycles. The van der Waals surface area contributed by atoms with E-state index in [2.05, 4.69) is 0 Å². The molecule has 2 aliphatic heterocycles. The van der Waals surface area contributed by atoms with Crippen LogP contribution in [0.4, 0.5) is 0 Å². The monoisotopic (exact) mass is 300 g/mol. The van der Waals surface area contributed by atoms with Gasteiger partial charge in [0.15, 0.2) is 0 Å². The van der Waals surface area contributed by atoms with Crippen LogP contribution in [0.1, 0.15) is 25.7 Å². The molecule has 2 rings (SSSR count). The van der Waals surface area contributed by atoms with Crippen LogP contribution in [0.3, 0.4) is 0 Å². The number of carbonyl (C=O) groups excluding carboxylic acids is 1. The van der Waals surface area contributed by atoms with Crippen molar-refractivity contribution in [1.82, 2.24) is 9.80 Å². The average Bonchev–Trinajstić information content (AvgIpc) is 2.81. The van der Waals surface area contributed by atoms with Gasteiger partial charge in [-0.2, -0.15) is 0 Å². The predicted molar refractivity (Wildman–Crippen MR) is 74.8 cm³/mol. The Morgan fingerprint density at radius 3 is 2.71 bits per heavy atom. The molecule has 2 fully saturated rings. The first-order valence-electron chi connectivity index (χ1n) is 7.47. The molecule has 2 aliphatic rings. The Morgan fingerprint density at radius 2 is 2.10 bits per heavy atom. The summed E-state index contributed by atoms with van der Waals surface area (Å²) in [5.74, 6) is -0.961. The van der Waals surface area contributed by atoms with Gasteiger partial charge in [-0.1, -0.05) is 0 Å². The van der Waals surface area contributed by atoms with Crippen LogP contribution in [0, 0.1) is 0 Å². The van der Waals surface area contributed by atoms with E-state index in [0.29, 0.717) is 19.6 Å². The Hall–Kier alpha value is -1.18. The molecule has 0 aromatic rings. The highest BCUT2D eigenvalue weighted by Crippen LogP contribution is 2.20. The maximum Gasteiger partial charge on any atom is 0.317 e. The Bertz CT molecular complexity index is 384. The number of carbonyl (C=O) groups is 2. The molecule has 0 saturated carbocycles. The number of carboxylic acid groups (broad SMARTS) is 1. The number of aliphatic hydroxyl groups excluding tert-OH is 1. The number of carboxylic acids is 1. The van der Waals surface area contributed by atoms with Crippen molar-refractivity contribution in [2.75, 3.05) is 33.3 Å². The van der Waals surface area contributed by atoms with Gasteiger partial charge in [0.1, 0.15) is 0 Å². The molecule has 2 saturated heterocycles. The first kappa shape index (κ1) is 16.2. The third kappa shape index (κ3) is 4.39. The van der Waals surface area contributed by atoms with Crippen LogP contribution < -0.4 is 0 Å². The number of hydrogen-bond donors (Lipinski definition) is 2. The molecule has 0 aromatic carbocycles. The Labute approximate surface area is 124 Å². The molecule has 0 unspecified atom stereocenters. The third-order valence-corrected chi connectivity index (χ3v) is 4.24. The summed E-state index contributed by atoms with van der Waals surface area (Å²) < 4.78 is 5.56. The zero-order valence-corrected chi connectivity index (χ0v) is 12.4. The predicted octanol–water partition coefficient (Wildman–Crippen LogP) is -0.466. The number of hydrogen-bond acceptors (Lipinski definition) is 5. The lowest BCUT2D eigenvalue weighted by Gasteiger charge is -2.26. The lowest BCUT2D eigenvalue weighted by Crippen LogP contribution is -2.43. The lowest BCUT2D eigenvalue weighted by atomic mass is 10.1. The molecule has 0 bridgehead atoms. The molecule has 120 valence electrons. The zero-order chi connectivity index (χ0) is 15.4. The van der Waals surface area contributed by atoms with E-state index in [1.807, 2.05) is 0 Å². The van der Waals surface area contributed by atoms with Crippen molar-refractivity contribution in [1.29, 1.82) is 0 Å². The lowest BCUT2D eigenvalue weighted by molar-refractivity contribution is -0.138. The molecule has 7 nitrogen and oxygen atoms in total. The quantitative estimate of drug-likeness (QED) is 0.714. The van der Waals surface area contributed by atoms with E-state index in [1.54, 1.807) is 16.8 Å². The highest BCUT2D eigenvalue weighted by atomic mass is 16.5. The number of aliphatic hydroxyl groups is 1. The molecule has 2 N–H and O–H groups in total. The standard InChI is InChI=1S/C14H24N2O5/c1-15(9-14(19)20)11-7-16(8-12(11)17)13(18)6-10-4-2-3-5-21-10/h10-12,17H,2-9H2,1H3,(H,19,20)/t10-,11+,12+/m0/s1. The summed E-state index contributed by atoms with van der Waals surface area (Å²) in [6.45, 7) is 1.21. The summed E-state index contributed by atoms with van der Waals surface area (Å²) in [6.07, 6.45) is 2.68.